The highest BCUT2D eigenvalue weighted by Crippen LogP contribution is 2.53. The van der Waals surface area contributed by atoms with Gasteiger partial charge < -0.3 is 0 Å². The van der Waals surface area contributed by atoms with Crippen molar-refractivity contribution in [1.29, 1.82) is 0 Å². The molecule has 14 heteroatoms. The van der Waals surface area contributed by atoms with Crippen LogP contribution in [-0.2, 0) is 36.7 Å². The summed E-state index contributed by atoms with van der Waals surface area (Å²) in [4.78, 5) is 0. The summed E-state index contributed by atoms with van der Waals surface area (Å²) in [5, 5.41) is -2.81. The fraction of sp³-hybridized carbons (Fsp3) is 0.423. The van der Waals surface area contributed by atoms with Gasteiger partial charge in [0.05, 0.1) is 28.6 Å². The zero-order valence-corrected chi connectivity index (χ0v) is 20.6. The molecule has 2 nitrogen and oxygen atoms in total. The largest absolute Gasteiger partial charge is 0.457 e. The third kappa shape index (κ3) is 3.99. The zero-order chi connectivity index (χ0) is 29.8. The van der Waals surface area contributed by atoms with Crippen LogP contribution in [0.4, 0.5) is 52.7 Å². The summed E-state index contributed by atoms with van der Waals surface area (Å²) in [6.45, 7) is 3.00. The monoisotopic (exact) mass is 587 g/mol. The molecule has 0 radical (unpaired) electrons. The van der Waals surface area contributed by atoms with Gasteiger partial charge >= 0.3 is 24.7 Å². The molecule has 2 aromatic heterocycles. The zero-order valence-electron chi connectivity index (χ0n) is 20.6. The van der Waals surface area contributed by atoms with Crippen LogP contribution in [0.15, 0.2) is 30.5 Å². The van der Waals surface area contributed by atoms with Gasteiger partial charge in [0.15, 0.2) is 0 Å². The number of pyridine rings is 1. The van der Waals surface area contributed by atoms with Gasteiger partial charge in [0.25, 0.3) is 11.3 Å². The molecule has 1 aliphatic heterocycles. The molecule has 40 heavy (non-hydrogen) atoms. The molecule has 4 aromatic rings. The number of hydrogen-bond acceptors (Lipinski definition) is 0. The summed E-state index contributed by atoms with van der Waals surface area (Å²) in [5.41, 5.74) is -9.94. The molecule has 1 aliphatic rings. The summed E-state index contributed by atoms with van der Waals surface area (Å²) in [6, 6.07) is 1.47. The maximum absolute atomic E-state index is 14.6. The number of alkyl halides is 12. The van der Waals surface area contributed by atoms with E-state index < -0.39 is 79.8 Å². The first kappa shape index (κ1) is 28.3. The van der Waals surface area contributed by atoms with Gasteiger partial charge in [0.1, 0.15) is 11.7 Å². The molecule has 0 atom stereocenters. The molecule has 5 rings (SSSR count). The Morgan fingerprint density at radius 1 is 0.775 bits per heavy atom. The molecule has 0 saturated carbocycles. The lowest BCUT2D eigenvalue weighted by molar-refractivity contribution is -0.671. The van der Waals surface area contributed by atoms with Crippen LogP contribution in [0.3, 0.4) is 0 Å². The number of aryl methyl sites for hydroxylation is 1. The van der Waals surface area contributed by atoms with E-state index in [1.807, 2.05) is 0 Å². The minimum atomic E-state index is -5.72. The van der Waals surface area contributed by atoms with E-state index in [2.05, 4.69) is 0 Å². The summed E-state index contributed by atoms with van der Waals surface area (Å²) < 4.78 is 172. The van der Waals surface area contributed by atoms with Crippen LogP contribution in [-0.4, -0.2) is 4.40 Å². The highest BCUT2D eigenvalue weighted by Gasteiger charge is 2.51. The minimum absolute atomic E-state index is 0.0156. The second-order valence-corrected chi connectivity index (χ2v) is 9.92. The van der Waals surface area contributed by atoms with E-state index in [1.165, 1.54) is 0 Å². The van der Waals surface area contributed by atoms with Gasteiger partial charge in [-0.1, -0.05) is 13.8 Å². The van der Waals surface area contributed by atoms with Gasteiger partial charge in [-0.05, 0) is 54.5 Å². The summed E-state index contributed by atoms with van der Waals surface area (Å²) in [5.74, 6) is 0. The van der Waals surface area contributed by atoms with E-state index in [-0.39, 0.29) is 37.4 Å². The Bertz CT molecular complexity index is 1660. The maximum atomic E-state index is 14.6. The lowest BCUT2D eigenvalue weighted by atomic mass is 9.71. The second kappa shape index (κ2) is 8.41. The number of benzene rings is 2. The van der Waals surface area contributed by atoms with Crippen LogP contribution in [0.1, 0.15) is 61.1 Å². The quantitative estimate of drug-likeness (QED) is 0.126. The van der Waals surface area contributed by atoms with Gasteiger partial charge in [0, 0.05) is 10.8 Å². The molecular formula is C26H19F12N2+. The van der Waals surface area contributed by atoms with E-state index in [1.54, 1.807) is 13.8 Å². The SMILES string of the molecule is CCC1(CC)CC[n+]2cc(C(F)(F)F)n3c4ccc(C(F)(F)F)cc4c4c(C(F)(F)F)c(C(F)(F)F)cc1c4c32. The smallest absolute Gasteiger partial charge is 0.229 e. The lowest BCUT2D eigenvalue weighted by Gasteiger charge is -2.33. The van der Waals surface area contributed by atoms with E-state index in [0.29, 0.717) is 28.8 Å². The number of fused-ring (bicyclic) bond motifs is 3. The fourth-order valence-corrected chi connectivity index (χ4v) is 6.06. The molecule has 0 aliphatic carbocycles. The Kier molecular flexibility index (Phi) is 5.96. The number of imidazole rings is 1. The first-order valence-corrected chi connectivity index (χ1v) is 12.1. The van der Waals surface area contributed by atoms with E-state index in [9.17, 15) is 52.7 Å². The Labute approximate surface area is 217 Å². The van der Waals surface area contributed by atoms with Crippen LogP contribution < -0.4 is 4.57 Å². The third-order valence-electron chi connectivity index (χ3n) is 8.02. The second-order valence-electron chi connectivity index (χ2n) is 9.92. The third-order valence-corrected chi connectivity index (χ3v) is 8.02. The molecule has 0 spiro atoms. The van der Waals surface area contributed by atoms with Crippen LogP contribution >= 0.6 is 0 Å². The van der Waals surface area contributed by atoms with E-state index in [0.717, 1.165) is 4.57 Å². The summed E-state index contributed by atoms with van der Waals surface area (Å²) in [7, 11) is 0. The molecule has 3 heterocycles. The lowest BCUT2D eigenvalue weighted by Crippen LogP contribution is -2.35. The predicted molar refractivity (Wildman–Crippen MR) is 119 cm³/mol. The first-order valence-electron chi connectivity index (χ1n) is 12.1. The average Bonchev–Trinajstić information content (AvgIpc) is 3.16. The minimum Gasteiger partial charge on any atom is -0.229 e. The number of rotatable bonds is 2. The maximum Gasteiger partial charge on any atom is 0.457 e. The number of halogens is 12. The highest BCUT2D eigenvalue weighted by atomic mass is 19.4. The van der Waals surface area contributed by atoms with Crippen LogP contribution in [0.25, 0.3) is 27.3 Å². The number of hydrogen-bond donors (Lipinski definition) is 0. The van der Waals surface area contributed by atoms with Crippen molar-refractivity contribution in [2.75, 3.05) is 0 Å². The fourth-order valence-electron chi connectivity index (χ4n) is 6.06. The molecule has 0 bridgehead atoms. The topological polar surface area (TPSA) is 8.29 Å². The highest BCUT2D eigenvalue weighted by molar-refractivity contribution is 6.15. The molecular weight excluding hydrogens is 568 g/mol. The Balaban J connectivity index is 2.25. The molecule has 2 aromatic carbocycles. The molecule has 0 unspecified atom stereocenters. The van der Waals surface area contributed by atoms with Crippen molar-refractivity contribution in [3.05, 3.63) is 58.4 Å². The van der Waals surface area contributed by atoms with Crippen molar-refractivity contribution >= 4 is 27.3 Å². The normalized spacial score (nSPS) is 16.4. The van der Waals surface area contributed by atoms with Gasteiger partial charge in [-0.15, -0.1) is 0 Å². The van der Waals surface area contributed by atoms with Crippen molar-refractivity contribution in [2.24, 2.45) is 0 Å². The van der Waals surface area contributed by atoms with E-state index in [4.69, 9.17) is 0 Å². The number of nitrogens with zero attached hydrogens (tertiary/aromatic N) is 2. The molecule has 0 amide bonds. The molecule has 0 N–H and O–H groups in total. The van der Waals surface area contributed by atoms with Gasteiger partial charge in [-0.2, -0.15) is 57.1 Å². The van der Waals surface area contributed by atoms with E-state index >= 15 is 0 Å². The molecule has 216 valence electrons. The average molecular weight is 587 g/mol. The van der Waals surface area contributed by atoms with Crippen molar-refractivity contribution in [2.45, 2.75) is 69.8 Å². The number of aromatic nitrogens is 2. The standard InChI is InChI=1S/C26H19F12N2/c1-3-22(4-2)7-8-39-11-17(25(33,34)35)40-16-6-5-12(23(27,28)29)9-13(16)18-19(21(39)40)14(22)10-15(24(30,31)32)20(18)26(36,37)38/h5-6,9-11H,3-4,7-8H2,1-2H3/q+1. The van der Waals surface area contributed by atoms with Gasteiger partial charge in [-0.3, -0.25) is 0 Å². The van der Waals surface area contributed by atoms with Crippen LogP contribution in [0, 0.1) is 0 Å². The molecule has 0 saturated heterocycles. The van der Waals surface area contributed by atoms with Gasteiger partial charge in [0.2, 0.25) is 0 Å². The van der Waals surface area contributed by atoms with Crippen LogP contribution in [0.2, 0.25) is 0 Å². The Hall–Kier alpha value is -3.19. The summed E-state index contributed by atoms with van der Waals surface area (Å²) in [6.07, 6.45) is -20.7. The van der Waals surface area contributed by atoms with Gasteiger partial charge in [-0.25, -0.2) is 4.57 Å². The van der Waals surface area contributed by atoms with Crippen molar-refractivity contribution in [3.63, 3.8) is 0 Å². The first-order chi connectivity index (χ1) is 18.3. The summed E-state index contributed by atoms with van der Waals surface area (Å²) >= 11 is 0. The predicted octanol–water partition coefficient (Wildman–Crippen LogP) is 9.07. The van der Waals surface area contributed by atoms with Crippen molar-refractivity contribution in [3.8, 4) is 0 Å². The van der Waals surface area contributed by atoms with Crippen LogP contribution in [0.5, 0.6) is 0 Å². The Morgan fingerprint density at radius 3 is 1.90 bits per heavy atom. The Morgan fingerprint density at radius 2 is 1.40 bits per heavy atom. The van der Waals surface area contributed by atoms with Crippen molar-refractivity contribution in [1.82, 2.24) is 4.40 Å². The van der Waals surface area contributed by atoms with Crippen molar-refractivity contribution < 1.29 is 57.3 Å². The molecule has 0 fully saturated rings.